The summed E-state index contributed by atoms with van der Waals surface area (Å²) in [5.41, 5.74) is 7.29. The maximum Gasteiger partial charge on any atom is 0.139 e. The van der Waals surface area contributed by atoms with E-state index in [0.717, 1.165) is 15.6 Å². The van der Waals surface area contributed by atoms with Gasteiger partial charge in [-0.2, -0.15) is 0 Å². The van der Waals surface area contributed by atoms with Gasteiger partial charge in [-0.05, 0) is 47.8 Å². The largest absolute Gasteiger partial charge is 0.507 e. The molecule has 0 saturated heterocycles. The summed E-state index contributed by atoms with van der Waals surface area (Å²) >= 11 is 3.41. The lowest BCUT2D eigenvalue weighted by molar-refractivity contribution is 0.398. The van der Waals surface area contributed by atoms with Gasteiger partial charge in [-0.3, -0.25) is 0 Å². The molecule has 0 heterocycles. The third kappa shape index (κ3) is 2.63. The van der Waals surface area contributed by atoms with E-state index in [9.17, 15) is 5.11 Å². The van der Waals surface area contributed by atoms with Crippen molar-refractivity contribution >= 4 is 15.9 Å². The van der Waals surface area contributed by atoms with E-state index in [4.69, 9.17) is 10.5 Å². The first-order chi connectivity index (χ1) is 6.97. The molecule has 1 aromatic rings. The number of phenols is 1. The van der Waals surface area contributed by atoms with Crippen molar-refractivity contribution in [2.24, 2.45) is 5.73 Å². The third-order valence-electron chi connectivity index (χ3n) is 2.26. The first-order valence-electron chi connectivity index (χ1n) is 4.77. The Hall–Kier alpha value is -0.740. The van der Waals surface area contributed by atoms with Gasteiger partial charge in [-0.25, -0.2) is 0 Å². The number of methoxy groups -OCH3 is 1. The molecule has 1 rings (SSSR count). The van der Waals surface area contributed by atoms with Crippen molar-refractivity contribution in [2.75, 3.05) is 7.11 Å². The molecular weight excluding hydrogens is 258 g/mol. The van der Waals surface area contributed by atoms with Crippen LogP contribution < -0.4 is 10.5 Å². The van der Waals surface area contributed by atoms with Gasteiger partial charge in [0.15, 0.2) is 0 Å². The molecule has 4 heteroatoms. The summed E-state index contributed by atoms with van der Waals surface area (Å²) in [5, 5.41) is 9.93. The number of hydrogen-bond acceptors (Lipinski definition) is 3. The zero-order valence-corrected chi connectivity index (χ0v) is 10.8. The van der Waals surface area contributed by atoms with E-state index in [-0.39, 0.29) is 11.8 Å². The molecule has 1 atom stereocenters. The van der Waals surface area contributed by atoms with Gasteiger partial charge in [0, 0.05) is 11.6 Å². The van der Waals surface area contributed by atoms with E-state index in [2.05, 4.69) is 15.9 Å². The minimum absolute atomic E-state index is 0.0237. The van der Waals surface area contributed by atoms with Crippen LogP contribution >= 0.6 is 15.9 Å². The van der Waals surface area contributed by atoms with Crippen LogP contribution in [0.25, 0.3) is 0 Å². The summed E-state index contributed by atoms with van der Waals surface area (Å²) in [6, 6.07) is 1.88. The Morgan fingerprint density at radius 1 is 1.60 bits per heavy atom. The maximum absolute atomic E-state index is 9.93. The Balaban J connectivity index is 3.21. The van der Waals surface area contributed by atoms with Gasteiger partial charge < -0.3 is 15.6 Å². The van der Waals surface area contributed by atoms with Gasteiger partial charge in [0.2, 0.25) is 0 Å². The topological polar surface area (TPSA) is 55.5 Å². The van der Waals surface area contributed by atoms with Crippen molar-refractivity contribution in [2.45, 2.75) is 26.3 Å². The Morgan fingerprint density at radius 3 is 2.67 bits per heavy atom. The smallest absolute Gasteiger partial charge is 0.139 e. The van der Waals surface area contributed by atoms with Crippen molar-refractivity contribution in [3.05, 3.63) is 21.7 Å². The van der Waals surface area contributed by atoms with Crippen LogP contribution in [0.4, 0.5) is 0 Å². The Kier molecular flexibility index (Phi) is 3.99. The number of nitrogens with two attached hydrogens (primary N) is 1. The van der Waals surface area contributed by atoms with Gasteiger partial charge in [0.25, 0.3) is 0 Å². The standard InChI is InChI=1S/C11H16BrNO2/c1-6(13)4-8-5-9(12)11(15-3)7(2)10(8)14/h5-6,14H,4,13H2,1-3H3. The monoisotopic (exact) mass is 273 g/mol. The predicted octanol–water partition coefficient (Wildman–Crippen LogP) is 2.36. The normalized spacial score (nSPS) is 12.6. The Bertz CT molecular complexity index is 364. The quantitative estimate of drug-likeness (QED) is 0.889. The highest BCUT2D eigenvalue weighted by Gasteiger charge is 2.14. The second kappa shape index (κ2) is 4.86. The molecule has 0 amide bonds. The Morgan fingerprint density at radius 2 is 2.20 bits per heavy atom. The van der Waals surface area contributed by atoms with Crippen LogP contribution in [0.3, 0.4) is 0 Å². The number of rotatable bonds is 3. The molecule has 0 radical (unpaired) electrons. The van der Waals surface area contributed by atoms with Crippen LogP contribution in [-0.4, -0.2) is 18.3 Å². The number of ether oxygens (including phenoxy) is 1. The van der Waals surface area contributed by atoms with Gasteiger partial charge in [-0.15, -0.1) is 0 Å². The zero-order chi connectivity index (χ0) is 11.6. The molecule has 0 bridgehead atoms. The number of aromatic hydroxyl groups is 1. The van der Waals surface area contributed by atoms with Gasteiger partial charge in [-0.1, -0.05) is 0 Å². The fourth-order valence-electron chi connectivity index (χ4n) is 1.57. The first kappa shape index (κ1) is 12.3. The van der Waals surface area contributed by atoms with Crippen molar-refractivity contribution in [3.8, 4) is 11.5 Å². The van der Waals surface area contributed by atoms with Gasteiger partial charge in [0.1, 0.15) is 11.5 Å². The van der Waals surface area contributed by atoms with Gasteiger partial charge in [0.05, 0.1) is 11.6 Å². The zero-order valence-electron chi connectivity index (χ0n) is 9.17. The molecule has 1 unspecified atom stereocenters. The highest BCUT2D eigenvalue weighted by molar-refractivity contribution is 9.10. The minimum Gasteiger partial charge on any atom is -0.507 e. The molecule has 0 spiro atoms. The highest BCUT2D eigenvalue weighted by Crippen LogP contribution is 2.37. The van der Waals surface area contributed by atoms with E-state index in [1.807, 2.05) is 19.9 Å². The molecule has 15 heavy (non-hydrogen) atoms. The molecule has 0 aliphatic carbocycles. The lowest BCUT2D eigenvalue weighted by Crippen LogP contribution is -2.18. The SMILES string of the molecule is COc1c(Br)cc(CC(C)N)c(O)c1C. The lowest BCUT2D eigenvalue weighted by atomic mass is 10.0. The van der Waals surface area contributed by atoms with Crippen molar-refractivity contribution < 1.29 is 9.84 Å². The average Bonchev–Trinajstić information content (AvgIpc) is 2.14. The summed E-state index contributed by atoms with van der Waals surface area (Å²) in [7, 11) is 1.58. The van der Waals surface area contributed by atoms with Crippen LogP contribution in [-0.2, 0) is 6.42 Å². The van der Waals surface area contributed by atoms with Crippen LogP contribution in [0.1, 0.15) is 18.1 Å². The van der Waals surface area contributed by atoms with Crippen molar-refractivity contribution in [1.82, 2.24) is 0 Å². The van der Waals surface area contributed by atoms with E-state index in [1.165, 1.54) is 0 Å². The van der Waals surface area contributed by atoms with Crippen molar-refractivity contribution in [3.63, 3.8) is 0 Å². The Labute approximate surface area is 98.4 Å². The van der Waals surface area contributed by atoms with E-state index in [0.29, 0.717) is 12.2 Å². The summed E-state index contributed by atoms with van der Waals surface area (Å²) in [6.07, 6.45) is 0.648. The lowest BCUT2D eigenvalue weighted by Gasteiger charge is -2.14. The molecule has 0 aliphatic rings. The summed E-state index contributed by atoms with van der Waals surface area (Å²) in [5.74, 6) is 0.938. The van der Waals surface area contributed by atoms with Crippen molar-refractivity contribution in [1.29, 1.82) is 0 Å². The summed E-state index contributed by atoms with van der Waals surface area (Å²) in [4.78, 5) is 0. The average molecular weight is 274 g/mol. The van der Waals surface area contributed by atoms with Crippen LogP contribution in [0, 0.1) is 6.92 Å². The molecule has 3 N–H and O–H groups in total. The van der Waals surface area contributed by atoms with Crippen LogP contribution in [0.15, 0.2) is 10.5 Å². The molecule has 3 nitrogen and oxygen atoms in total. The summed E-state index contributed by atoms with van der Waals surface area (Å²) < 4.78 is 6.02. The molecule has 0 saturated carbocycles. The molecule has 0 aliphatic heterocycles. The third-order valence-corrected chi connectivity index (χ3v) is 2.85. The van der Waals surface area contributed by atoms with Crippen LogP contribution in [0.2, 0.25) is 0 Å². The van der Waals surface area contributed by atoms with E-state index >= 15 is 0 Å². The molecule has 0 fully saturated rings. The maximum atomic E-state index is 9.93. The highest BCUT2D eigenvalue weighted by atomic mass is 79.9. The second-order valence-electron chi connectivity index (χ2n) is 3.71. The fraction of sp³-hybridized carbons (Fsp3) is 0.455. The summed E-state index contributed by atoms with van der Waals surface area (Å²) in [6.45, 7) is 3.73. The molecule has 1 aromatic carbocycles. The predicted molar refractivity (Wildman–Crippen MR) is 64.4 cm³/mol. The number of benzene rings is 1. The molecular formula is C11H16BrNO2. The fourth-order valence-corrected chi connectivity index (χ4v) is 2.30. The van der Waals surface area contributed by atoms with E-state index in [1.54, 1.807) is 7.11 Å². The second-order valence-corrected chi connectivity index (χ2v) is 4.56. The van der Waals surface area contributed by atoms with E-state index < -0.39 is 0 Å². The first-order valence-corrected chi connectivity index (χ1v) is 5.57. The molecule has 84 valence electrons. The molecule has 0 aromatic heterocycles. The minimum atomic E-state index is 0.0237. The van der Waals surface area contributed by atoms with Gasteiger partial charge >= 0.3 is 0 Å². The number of halogens is 1. The number of phenolic OH excluding ortho intramolecular Hbond substituents is 1. The van der Waals surface area contributed by atoms with Crippen LogP contribution in [0.5, 0.6) is 11.5 Å². The number of hydrogen-bond donors (Lipinski definition) is 2.